The van der Waals surface area contributed by atoms with Crippen molar-refractivity contribution in [2.75, 3.05) is 7.11 Å². The van der Waals surface area contributed by atoms with Crippen LogP contribution >= 0.6 is 0 Å². The molecule has 0 radical (unpaired) electrons. The van der Waals surface area contributed by atoms with E-state index in [1.54, 1.807) is 12.1 Å². The standard InChI is InChI=1S/C11H14O3/c1-14-10-8(3-2-4-9(10)12)7-11(13)5-6-11/h2-4,12-13H,5-7H2,1H3. The predicted octanol–water partition coefficient (Wildman–Crippen LogP) is 1.47. The summed E-state index contributed by atoms with van der Waals surface area (Å²) in [6, 6.07) is 5.22. The van der Waals surface area contributed by atoms with E-state index in [2.05, 4.69) is 0 Å². The van der Waals surface area contributed by atoms with Crippen molar-refractivity contribution < 1.29 is 14.9 Å². The Balaban J connectivity index is 2.27. The summed E-state index contributed by atoms with van der Waals surface area (Å²) in [6.07, 6.45) is 2.24. The average Bonchev–Trinajstić information content (AvgIpc) is 2.84. The third-order valence-electron chi connectivity index (χ3n) is 2.63. The molecule has 0 unspecified atom stereocenters. The zero-order valence-electron chi connectivity index (χ0n) is 8.16. The fourth-order valence-corrected chi connectivity index (χ4v) is 1.62. The number of aromatic hydroxyl groups is 1. The lowest BCUT2D eigenvalue weighted by atomic mass is 10.1. The normalized spacial score (nSPS) is 17.9. The number of ether oxygens (including phenoxy) is 1. The van der Waals surface area contributed by atoms with Crippen LogP contribution in [0.3, 0.4) is 0 Å². The lowest BCUT2D eigenvalue weighted by Crippen LogP contribution is -2.11. The molecular formula is C11H14O3. The van der Waals surface area contributed by atoms with Crippen LogP contribution in [0.1, 0.15) is 18.4 Å². The largest absolute Gasteiger partial charge is 0.504 e. The van der Waals surface area contributed by atoms with Crippen molar-refractivity contribution in [2.24, 2.45) is 0 Å². The summed E-state index contributed by atoms with van der Waals surface area (Å²) >= 11 is 0. The molecule has 3 nitrogen and oxygen atoms in total. The predicted molar refractivity (Wildman–Crippen MR) is 52.5 cm³/mol. The van der Waals surface area contributed by atoms with Crippen LogP contribution in [0.2, 0.25) is 0 Å². The number of rotatable bonds is 3. The number of hydrogen-bond acceptors (Lipinski definition) is 3. The molecule has 2 rings (SSSR count). The molecule has 1 aromatic carbocycles. The van der Waals surface area contributed by atoms with Crippen LogP contribution in [0.25, 0.3) is 0 Å². The van der Waals surface area contributed by atoms with E-state index >= 15 is 0 Å². The zero-order valence-corrected chi connectivity index (χ0v) is 8.16. The summed E-state index contributed by atoms with van der Waals surface area (Å²) in [5.74, 6) is 0.613. The fraction of sp³-hybridized carbons (Fsp3) is 0.455. The van der Waals surface area contributed by atoms with E-state index in [4.69, 9.17) is 4.74 Å². The van der Waals surface area contributed by atoms with E-state index in [1.165, 1.54) is 7.11 Å². The van der Waals surface area contributed by atoms with Gasteiger partial charge in [-0.15, -0.1) is 0 Å². The molecule has 2 N–H and O–H groups in total. The van der Waals surface area contributed by atoms with Crippen molar-refractivity contribution in [1.82, 2.24) is 0 Å². The quantitative estimate of drug-likeness (QED) is 0.766. The minimum Gasteiger partial charge on any atom is -0.504 e. The third-order valence-corrected chi connectivity index (χ3v) is 2.63. The monoisotopic (exact) mass is 194 g/mol. The highest BCUT2D eigenvalue weighted by atomic mass is 16.5. The van der Waals surface area contributed by atoms with Crippen molar-refractivity contribution in [2.45, 2.75) is 24.9 Å². The Labute approximate surface area is 83.0 Å². The average molecular weight is 194 g/mol. The second-order valence-corrected chi connectivity index (χ2v) is 3.87. The van der Waals surface area contributed by atoms with E-state index in [0.717, 1.165) is 18.4 Å². The molecular weight excluding hydrogens is 180 g/mol. The number of benzene rings is 1. The fourth-order valence-electron chi connectivity index (χ4n) is 1.62. The van der Waals surface area contributed by atoms with E-state index in [0.29, 0.717) is 12.2 Å². The molecule has 0 bridgehead atoms. The molecule has 0 aliphatic heterocycles. The number of phenolic OH excluding ortho intramolecular Hbond substituents is 1. The van der Waals surface area contributed by atoms with Crippen molar-refractivity contribution in [3.05, 3.63) is 23.8 Å². The van der Waals surface area contributed by atoms with Gasteiger partial charge in [0.1, 0.15) is 0 Å². The lowest BCUT2D eigenvalue weighted by molar-refractivity contribution is 0.149. The Morgan fingerprint density at radius 1 is 1.43 bits per heavy atom. The molecule has 0 amide bonds. The second-order valence-electron chi connectivity index (χ2n) is 3.87. The minimum atomic E-state index is -0.554. The summed E-state index contributed by atoms with van der Waals surface area (Å²) in [4.78, 5) is 0. The maximum absolute atomic E-state index is 9.76. The molecule has 0 aromatic heterocycles. The van der Waals surface area contributed by atoms with Crippen molar-refractivity contribution in [1.29, 1.82) is 0 Å². The summed E-state index contributed by atoms with van der Waals surface area (Å²) in [5.41, 5.74) is 0.314. The second kappa shape index (κ2) is 3.17. The first kappa shape index (κ1) is 9.34. The first-order valence-electron chi connectivity index (χ1n) is 4.72. The highest BCUT2D eigenvalue weighted by Gasteiger charge is 2.40. The molecule has 0 saturated heterocycles. The van der Waals surface area contributed by atoms with Gasteiger partial charge in [0.25, 0.3) is 0 Å². The van der Waals surface area contributed by atoms with Crippen LogP contribution in [0, 0.1) is 0 Å². The first-order valence-corrected chi connectivity index (χ1v) is 4.72. The van der Waals surface area contributed by atoms with Gasteiger partial charge in [-0.05, 0) is 18.9 Å². The maximum atomic E-state index is 9.76. The molecule has 0 atom stereocenters. The van der Waals surface area contributed by atoms with Gasteiger partial charge in [0.2, 0.25) is 0 Å². The molecule has 76 valence electrons. The van der Waals surface area contributed by atoms with Crippen LogP contribution in [0.4, 0.5) is 0 Å². The summed E-state index contributed by atoms with van der Waals surface area (Å²) < 4.78 is 5.09. The molecule has 1 aliphatic rings. The Hall–Kier alpha value is -1.22. The number of aliphatic hydroxyl groups is 1. The van der Waals surface area contributed by atoms with Crippen LogP contribution < -0.4 is 4.74 Å². The van der Waals surface area contributed by atoms with Crippen LogP contribution in [-0.2, 0) is 6.42 Å². The van der Waals surface area contributed by atoms with Gasteiger partial charge in [0.15, 0.2) is 11.5 Å². The Kier molecular flexibility index (Phi) is 2.11. The van der Waals surface area contributed by atoms with Gasteiger partial charge in [0, 0.05) is 12.0 Å². The van der Waals surface area contributed by atoms with Crippen molar-refractivity contribution in [3.63, 3.8) is 0 Å². The highest BCUT2D eigenvalue weighted by Crippen LogP contribution is 2.41. The van der Waals surface area contributed by atoms with Crippen molar-refractivity contribution in [3.8, 4) is 11.5 Å². The first-order chi connectivity index (χ1) is 6.64. The van der Waals surface area contributed by atoms with Gasteiger partial charge in [-0.25, -0.2) is 0 Å². The summed E-state index contributed by atoms with van der Waals surface area (Å²) in [5, 5.41) is 19.3. The number of phenols is 1. The third kappa shape index (κ3) is 1.68. The molecule has 1 aliphatic carbocycles. The smallest absolute Gasteiger partial charge is 0.163 e. The van der Waals surface area contributed by atoms with Gasteiger partial charge in [0.05, 0.1) is 12.7 Å². The number of para-hydroxylation sites is 1. The van der Waals surface area contributed by atoms with Gasteiger partial charge in [-0.3, -0.25) is 0 Å². The molecule has 1 aromatic rings. The Morgan fingerprint density at radius 3 is 2.71 bits per heavy atom. The highest BCUT2D eigenvalue weighted by molar-refractivity contribution is 5.46. The van der Waals surface area contributed by atoms with Gasteiger partial charge in [-0.2, -0.15) is 0 Å². The number of hydrogen-bond donors (Lipinski definition) is 2. The van der Waals surface area contributed by atoms with Gasteiger partial charge >= 0.3 is 0 Å². The van der Waals surface area contributed by atoms with Crippen molar-refractivity contribution >= 4 is 0 Å². The maximum Gasteiger partial charge on any atom is 0.163 e. The summed E-state index contributed by atoms with van der Waals surface area (Å²) in [6.45, 7) is 0. The van der Waals surface area contributed by atoms with E-state index in [9.17, 15) is 10.2 Å². The number of methoxy groups -OCH3 is 1. The Morgan fingerprint density at radius 2 is 2.14 bits per heavy atom. The molecule has 1 fully saturated rings. The molecule has 1 saturated carbocycles. The van der Waals surface area contributed by atoms with E-state index < -0.39 is 5.60 Å². The van der Waals surface area contributed by atoms with Crippen LogP contribution in [0.5, 0.6) is 11.5 Å². The minimum absolute atomic E-state index is 0.134. The molecule has 0 spiro atoms. The van der Waals surface area contributed by atoms with Gasteiger partial charge in [-0.1, -0.05) is 12.1 Å². The molecule has 14 heavy (non-hydrogen) atoms. The summed E-state index contributed by atoms with van der Waals surface area (Å²) in [7, 11) is 1.52. The topological polar surface area (TPSA) is 49.7 Å². The lowest BCUT2D eigenvalue weighted by Gasteiger charge is -2.12. The molecule has 0 heterocycles. The Bertz CT molecular complexity index is 342. The van der Waals surface area contributed by atoms with E-state index in [-0.39, 0.29) is 5.75 Å². The molecule has 3 heteroatoms. The zero-order chi connectivity index (χ0) is 10.2. The van der Waals surface area contributed by atoms with Crippen LogP contribution in [-0.4, -0.2) is 22.9 Å². The van der Waals surface area contributed by atoms with E-state index in [1.807, 2.05) is 6.07 Å². The SMILES string of the molecule is COc1c(O)cccc1CC1(O)CC1. The van der Waals surface area contributed by atoms with Gasteiger partial charge < -0.3 is 14.9 Å². The van der Waals surface area contributed by atoms with Crippen LogP contribution in [0.15, 0.2) is 18.2 Å².